The van der Waals surface area contributed by atoms with Crippen LogP contribution in [0, 0.1) is 0 Å². The van der Waals surface area contributed by atoms with Crippen LogP contribution in [-0.2, 0) is 0 Å². The van der Waals surface area contributed by atoms with Gasteiger partial charge in [-0.25, -0.2) is 9.78 Å². The number of carboxylic acids is 1. The van der Waals surface area contributed by atoms with Gasteiger partial charge < -0.3 is 10.0 Å². The molecular formula is C16H18N2O2. The Balaban J connectivity index is 2.16. The third-order valence-corrected chi connectivity index (χ3v) is 3.91. The van der Waals surface area contributed by atoms with Crippen molar-refractivity contribution in [2.75, 3.05) is 18.0 Å². The molecule has 104 valence electrons. The van der Waals surface area contributed by atoms with E-state index in [9.17, 15) is 9.90 Å². The van der Waals surface area contributed by atoms with Crippen molar-refractivity contribution < 1.29 is 9.90 Å². The van der Waals surface area contributed by atoms with Gasteiger partial charge in [-0.05, 0) is 30.4 Å². The number of fused-ring (bicyclic) bond motifs is 1. The summed E-state index contributed by atoms with van der Waals surface area (Å²) >= 11 is 0. The summed E-state index contributed by atoms with van der Waals surface area (Å²) in [5.41, 5.74) is 0.342. The van der Waals surface area contributed by atoms with Crippen LogP contribution in [0.4, 0.5) is 5.82 Å². The Hall–Kier alpha value is -2.10. The first-order valence-electron chi connectivity index (χ1n) is 7.13. The molecule has 2 aromatic rings. The van der Waals surface area contributed by atoms with Crippen LogP contribution in [-0.4, -0.2) is 29.1 Å². The van der Waals surface area contributed by atoms with E-state index in [0.717, 1.165) is 42.5 Å². The monoisotopic (exact) mass is 270 g/mol. The van der Waals surface area contributed by atoms with Crippen LogP contribution in [0.1, 0.15) is 36.0 Å². The molecule has 1 N–H and O–H groups in total. The van der Waals surface area contributed by atoms with Gasteiger partial charge in [0.05, 0.1) is 5.56 Å². The lowest BCUT2D eigenvalue weighted by Gasteiger charge is -2.23. The average molecular weight is 270 g/mol. The van der Waals surface area contributed by atoms with Crippen molar-refractivity contribution in [2.45, 2.75) is 25.7 Å². The van der Waals surface area contributed by atoms with Gasteiger partial charge in [0.15, 0.2) is 0 Å². The molecule has 3 rings (SSSR count). The van der Waals surface area contributed by atoms with Crippen molar-refractivity contribution in [3.63, 3.8) is 0 Å². The highest BCUT2D eigenvalue weighted by molar-refractivity contribution is 6.08. The molecule has 2 heterocycles. The van der Waals surface area contributed by atoms with E-state index >= 15 is 0 Å². The standard InChI is InChI=1S/C16H18N2O2/c19-16(20)13-7-5-6-12-8-9-17-15(14(12)13)18-10-3-1-2-4-11-18/h5-9H,1-4,10-11H2,(H,19,20). The molecule has 1 aromatic carbocycles. The fourth-order valence-corrected chi connectivity index (χ4v) is 2.91. The van der Waals surface area contributed by atoms with E-state index in [1.54, 1.807) is 18.3 Å². The van der Waals surface area contributed by atoms with Crippen LogP contribution in [0.15, 0.2) is 30.5 Å². The van der Waals surface area contributed by atoms with E-state index in [4.69, 9.17) is 0 Å². The minimum Gasteiger partial charge on any atom is -0.478 e. The number of pyridine rings is 1. The molecule has 0 spiro atoms. The number of nitrogens with zero attached hydrogens (tertiary/aromatic N) is 2. The van der Waals surface area contributed by atoms with Crippen LogP contribution < -0.4 is 4.90 Å². The van der Waals surface area contributed by atoms with Gasteiger partial charge in [-0.1, -0.05) is 25.0 Å². The molecule has 1 fully saturated rings. The second-order valence-electron chi connectivity index (χ2n) is 5.24. The van der Waals surface area contributed by atoms with E-state index in [-0.39, 0.29) is 0 Å². The third kappa shape index (κ3) is 2.33. The van der Waals surface area contributed by atoms with Crippen molar-refractivity contribution >= 4 is 22.6 Å². The second-order valence-corrected chi connectivity index (χ2v) is 5.24. The van der Waals surface area contributed by atoms with E-state index < -0.39 is 5.97 Å². The molecule has 0 saturated carbocycles. The molecule has 0 bridgehead atoms. The third-order valence-electron chi connectivity index (χ3n) is 3.91. The summed E-state index contributed by atoms with van der Waals surface area (Å²) in [7, 11) is 0. The van der Waals surface area contributed by atoms with Gasteiger partial charge in [0, 0.05) is 24.7 Å². The van der Waals surface area contributed by atoms with E-state index in [0.29, 0.717) is 5.56 Å². The molecule has 0 amide bonds. The summed E-state index contributed by atoms with van der Waals surface area (Å²) in [6.45, 7) is 1.92. The lowest BCUT2D eigenvalue weighted by atomic mass is 10.1. The molecule has 0 atom stereocenters. The predicted octanol–water partition coefficient (Wildman–Crippen LogP) is 3.31. The molecule has 0 aliphatic carbocycles. The SMILES string of the molecule is O=C(O)c1cccc2ccnc(N3CCCCCC3)c12. The van der Waals surface area contributed by atoms with Gasteiger partial charge in [0.25, 0.3) is 0 Å². The average Bonchev–Trinajstić information content (AvgIpc) is 2.75. The van der Waals surface area contributed by atoms with Crippen LogP contribution >= 0.6 is 0 Å². The van der Waals surface area contributed by atoms with Crippen molar-refractivity contribution in [3.05, 3.63) is 36.0 Å². The highest BCUT2D eigenvalue weighted by Gasteiger charge is 2.18. The molecule has 1 aromatic heterocycles. The quantitative estimate of drug-likeness (QED) is 0.909. The van der Waals surface area contributed by atoms with Gasteiger partial charge in [0.2, 0.25) is 0 Å². The van der Waals surface area contributed by atoms with Gasteiger partial charge in [-0.3, -0.25) is 0 Å². The van der Waals surface area contributed by atoms with Crippen LogP contribution in [0.25, 0.3) is 10.8 Å². The smallest absolute Gasteiger partial charge is 0.336 e. The largest absolute Gasteiger partial charge is 0.478 e. The predicted molar refractivity (Wildman–Crippen MR) is 79.4 cm³/mol. The number of aromatic carboxylic acids is 1. The highest BCUT2D eigenvalue weighted by atomic mass is 16.4. The van der Waals surface area contributed by atoms with Crippen molar-refractivity contribution in [2.24, 2.45) is 0 Å². The summed E-state index contributed by atoms with van der Waals surface area (Å²) in [5.74, 6) is -0.0675. The Kier molecular flexibility index (Phi) is 3.54. The first-order valence-corrected chi connectivity index (χ1v) is 7.13. The first-order chi connectivity index (χ1) is 9.77. The highest BCUT2D eigenvalue weighted by Crippen LogP contribution is 2.29. The fourth-order valence-electron chi connectivity index (χ4n) is 2.91. The Labute approximate surface area is 118 Å². The zero-order chi connectivity index (χ0) is 13.9. The molecule has 20 heavy (non-hydrogen) atoms. The summed E-state index contributed by atoms with van der Waals surface area (Å²) in [5, 5.41) is 11.1. The van der Waals surface area contributed by atoms with Crippen LogP contribution in [0.2, 0.25) is 0 Å². The zero-order valence-corrected chi connectivity index (χ0v) is 11.4. The summed E-state index contributed by atoms with van der Waals surface area (Å²) < 4.78 is 0. The molecule has 4 heteroatoms. The lowest BCUT2D eigenvalue weighted by molar-refractivity contribution is 0.0699. The number of rotatable bonds is 2. The Morgan fingerprint density at radius 3 is 2.55 bits per heavy atom. The van der Waals surface area contributed by atoms with Gasteiger partial charge in [-0.2, -0.15) is 0 Å². The molecule has 1 aliphatic rings. The maximum Gasteiger partial charge on any atom is 0.336 e. The van der Waals surface area contributed by atoms with E-state index in [1.165, 1.54) is 12.8 Å². The summed E-state index contributed by atoms with van der Waals surface area (Å²) in [6, 6.07) is 7.28. The van der Waals surface area contributed by atoms with Crippen molar-refractivity contribution in [1.29, 1.82) is 0 Å². The number of hydrogen-bond acceptors (Lipinski definition) is 3. The molecule has 4 nitrogen and oxygen atoms in total. The topological polar surface area (TPSA) is 53.4 Å². The van der Waals surface area contributed by atoms with Crippen LogP contribution in [0.5, 0.6) is 0 Å². The first kappa shape index (κ1) is 12.9. The lowest BCUT2D eigenvalue weighted by Crippen LogP contribution is -2.25. The summed E-state index contributed by atoms with van der Waals surface area (Å²) in [6.07, 6.45) is 6.55. The van der Waals surface area contributed by atoms with E-state index in [1.807, 2.05) is 12.1 Å². The minimum atomic E-state index is -0.889. The maximum absolute atomic E-state index is 11.5. The Morgan fingerprint density at radius 1 is 1.10 bits per heavy atom. The Morgan fingerprint density at radius 2 is 1.85 bits per heavy atom. The van der Waals surface area contributed by atoms with Gasteiger partial charge >= 0.3 is 5.97 Å². The minimum absolute atomic E-state index is 0.342. The molecule has 1 saturated heterocycles. The number of anilines is 1. The molecule has 1 aliphatic heterocycles. The number of benzene rings is 1. The van der Waals surface area contributed by atoms with Gasteiger partial charge in [0.1, 0.15) is 5.82 Å². The molecule has 0 radical (unpaired) electrons. The number of hydrogen-bond donors (Lipinski definition) is 1. The molecular weight excluding hydrogens is 252 g/mol. The van der Waals surface area contributed by atoms with E-state index in [2.05, 4.69) is 9.88 Å². The second kappa shape index (κ2) is 5.49. The summed E-state index contributed by atoms with van der Waals surface area (Å²) in [4.78, 5) is 18.2. The number of carbonyl (C=O) groups is 1. The fraction of sp³-hybridized carbons (Fsp3) is 0.375. The van der Waals surface area contributed by atoms with Gasteiger partial charge in [-0.15, -0.1) is 0 Å². The van der Waals surface area contributed by atoms with Crippen molar-refractivity contribution in [1.82, 2.24) is 4.98 Å². The number of carboxylic acid groups (broad SMARTS) is 1. The maximum atomic E-state index is 11.5. The van der Waals surface area contributed by atoms with Crippen molar-refractivity contribution in [3.8, 4) is 0 Å². The Bertz CT molecular complexity index is 626. The molecule has 0 unspecified atom stereocenters. The normalized spacial score (nSPS) is 16.1. The van der Waals surface area contributed by atoms with Crippen LogP contribution in [0.3, 0.4) is 0 Å². The number of aromatic nitrogens is 1. The zero-order valence-electron chi connectivity index (χ0n) is 11.4.